The summed E-state index contributed by atoms with van der Waals surface area (Å²) in [5, 5.41) is 28.7. The fraction of sp³-hybridized carbons (Fsp3) is 0.519. The Labute approximate surface area is 220 Å². The minimum absolute atomic E-state index is 0.0296. The predicted octanol–water partition coefficient (Wildman–Crippen LogP) is 3.33. The molecular formula is C27H40N2O7S. The minimum Gasteiger partial charge on any atom is -0.508 e. The number of nitrogens with one attached hydrogen (secondary N) is 1. The van der Waals surface area contributed by atoms with E-state index in [1.165, 1.54) is 19.1 Å². The first-order valence-electron chi connectivity index (χ1n) is 12.7. The standard InChI is InChI=1S/C27H40N2O7S/c1-21(30)36-20-24-18-23(12-13-26(24)31)27(32)19-29-14-5-3-2-4-6-15-35-16-8-10-22-9-7-11-25(17-22)37(28,33)34/h7,9,11-13,17-18,27,29,31-32H,2-6,8,10,14-16,19-20H2,1H3,(H2,28,33,34)/t27-/m0/s1. The summed E-state index contributed by atoms with van der Waals surface area (Å²) in [6, 6.07) is 11.5. The highest BCUT2D eigenvalue weighted by molar-refractivity contribution is 7.89. The summed E-state index contributed by atoms with van der Waals surface area (Å²) < 4.78 is 33.4. The van der Waals surface area contributed by atoms with Crippen molar-refractivity contribution >= 4 is 16.0 Å². The fourth-order valence-corrected chi connectivity index (χ4v) is 4.39. The number of primary sulfonamides is 1. The molecule has 0 aliphatic rings. The number of aliphatic hydroxyl groups excluding tert-OH is 1. The Balaban J connectivity index is 1.47. The van der Waals surface area contributed by atoms with Gasteiger partial charge in [0.15, 0.2) is 0 Å². The van der Waals surface area contributed by atoms with Crippen LogP contribution in [0.25, 0.3) is 0 Å². The third-order valence-electron chi connectivity index (χ3n) is 5.88. The van der Waals surface area contributed by atoms with Crippen LogP contribution in [-0.4, -0.2) is 50.9 Å². The zero-order valence-electron chi connectivity index (χ0n) is 21.5. The van der Waals surface area contributed by atoms with Gasteiger partial charge in [0.05, 0.1) is 11.0 Å². The van der Waals surface area contributed by atoms with Gasteiger partial charge in [-0.2, -0.15) is 0 Å². The van der Waals surface area contributed by atoms with Gasteiger partial charge in [-0.1, -0.05) is 37.5 Å². The highest BCUT2D eigenvalue weighted by Crippen LogP contribution is 2.23. The summed E-state index contributed by atoms with van der Waals surface area (Å²) in [7, 11) is -3.67. The molecule has 9 nitrogen and oxygen atoms in total. The average molecular weight is 537 g/mol. The van der Waals surface area contributed by atoms with Crippen LogP contribution in [0, 0.1) is 0 Å². The van der Waals surface area contributed by atoms with Gasteiger partial charge >= 0.3 is 5.97 Å². The molecule has 206 valence electrons. The number of esters is 1. The molecule has 2 aromatic rings. The molecule has 2 aromatic carbocycles. The van der Waals surface area contributed by atoms with Gasteiger partial charge in [0, 0.05) is 32.2 Å². The highest BCUT2D eigenvalue weighted by Gasteiger charge is 2.11. The van der Waals surface area contributed by atoms with Gasteiger partial charge in [-0.15, -0.1) is 0 Å². The number of unbranched alkanes of at least 4 members (excludes halogenated alkanes) is 4. The van der Waals surface area contributed by atoms with Crippen molar-refractivity contribution in [2.75, 3.05) is 26.3 Å². The number of nitrogens with two attached hydrogens (primary N) is 1. The zero-order chi connectivity index (χ0) is 27.1. The van der Waals surface area contributed by atoms with Gasteiger partial charge in [0.25, 0.3) is 0 Å². The maximum absolute atomic E-state index is 11.4. The first-order chi connectivity index (χ1) is 17.7. The molecule has 0 aliphatic heterocycles. The molecule has 0 heterocycles. The van der Waals surface area contributed by atoms with Crippen molar-refractivity contribution in [3.63, 3.8) is 0 Å². The molecule has 0 amide bonds. The SMILES string of the molecule is CC(=O)OCc1cc([C@@H](O)CNCCCCCCCOCCCc2cccc(S(N)(=O)=O)c2)ccc1O. The van der Waals surface area contributed by atoms with Gasteiger partial charge in [-0.25, -0.2) is 13.6 Å². The summed E-state index contributed by atoms with van der Waals surface area (Å²) in [5.74, 6) is -0.397. The molecule has 5 N–H and O–H groups in total. The van der Waals surface area contributed by atoms with E-state index in [0.29, 0.717) is 30.9 Å². The van der Waals surface area contributed by atoms with Gasteiger partial charge in [-0.3, -0.25) is 4.79 Å². The Morgan fingerprint density at radius 1 is 1.03 bits per heavy atom. The summed E-state index contributed by atoms with van der Waals surface area (Å²) in [4.78, 5) is 11.1. The van der Waals surface area contributed by atoms with Crippen LogP contribution in [0.4, 0.5) is 0 Å². The molecule has 0 aliphatic carbocycles. The van der Waals surface area contributed by atoms with Crippen LogP contribution in [-0.2, 0) is 37.3 Å². The number of aliphatic hydroxyl groups is 1. The number of aromatic hydroxyl groups is 1. The van der Waals surface area contributed by atoms with E-state index in [4.69, 9.17) is 14.6 Å². The van der Waals surface area contributed by atoms with Crippen molar-refractivity contribution in [2.45, 2.75) is 69.5 Å². The molecular weight excluding hydrogens is 496 g/mol. The van der Waals surface area contributed by atoms with E-state index in [1.807, 2.05) is 6.07 Å². The predicted molar refractivity (Wildman–Crippen MR) is 141 cm³/mol. The first kappa shape index (κ1) is 30.7. The Morgan fingerprint density at radius 3 is 2.51 bits per heavy atom. The molecule has 1 atom stereocenters. The van der Waals surface area contributed by atoms with Crippen LogP contribution in [0.15, 0.2) is 47.4 Å². The second-order valence-corrected chi connectivity index (χ2v) is 10.6. The Bertz CT molecular complexity index is 1080. The van der Waals surface area contributed by atoms with Crippen LogP contribution >= 0.6 is 0 Å². The number of aryl methyl sites for hydroxylation is 1. The first-order valence-corrected chi connectivity index (χ1v) is 14.2. The number of ether oxygens (including phenoxy) is 2. The summed E-state index contributed by atoms with van der Waals surface area (Å²) in [6.45, 7) is 3.83. The molecule has 37 heavy (non-hydrogen) atoms. The van der Waals surface area contributed by atoms with Crippen LogP contribution in [0.1, 0.15) is 68.2 Å². The monoisotopic (exact) mass is 536 g/mol. The lowest BCUT2D eigenvalue weighted by Crippen LogP contribution is -2.22. The molecule has 0 radical (unpaired) electrons. The Kier molecular flexibility index (Phi) is 13.6. The molecule has 0 saturated heterocycles. The lowest BCUT2D eigenvalue weighted by molar-refractivity contribution is -0.142. The fourth-order valence-electron chi connectivity index (χ4n) is 3.81. The lowest BCUT2D eigenvalue weighted by Gasteiger charge is -2.14. The minimum atomic E-state index is -3.67. The number of sulfonamides is 1. The smallest absolute Gasteiger partial charge is 0.302 e. The highest BCUT2D eigenvalue weighted by atomic mass is 32.2. The van der Waals surface area contributed by atoms with Gasteiger partial charge in [0.2, 0.25) is 10.0 Å². The second-order valence-electron chi connectivity index (χ2n) is 9.06. The summed E-state index contributed by atoms with van der Waals surface area (Å²) >= 11 is 0. The van der Waals surface area contributed by atoms with Crippen LogP contribution < -0.4 is 10.5 Å². The Hall–Kier alpha value is -2.50. The number of phenolic OH excluding ortho intramolecular Hbond substituents is 1. The maximum Gasteiger partial charge on any atom is 0.302 e. The van der Waals surface area contributed by atoms with E-state index in [9.17, 15) is 23.4 Å². The second kappa shape index (κ2) is 16.4. The van der Waals surface area contributed by atoms with Crippen molar-refractivity contribution in [3.05, 3.63) is 59.2 Å². The van der Waals surface area contributed by atoms with E-state index in [0.717, 1.165) is 57.1 Å². The molecule has 0 unspecified atom stereocenters. The topological polar surface area (TPSA) is 148 Å². The molecule has 0 fully saturated rings. The van der Waals surface area contributed by atoms with Gasteiger partial charge in [-0.05, 0) is 67.6 Å². The number of phenols is 1. The third kappa shape index (κ3) is 12.5. The van der Waals surface area contributed by atoms with Crippen LogP contribution in [0.5, 0.6) is 5.75 Å². The van der Waals surface area contributed by atoms with Crippen molar-refractivity contribution in [1.82, 2.24) is 5.32 Å². The number of benzene rings is 2. The molecule has 0 bridgehead atoms. The average Bonchev–Trinajstić information content (AvgIpc) is 2.85. The van der Waals surface area contributed by atoms with Crippen LogP contribution in [0.2, 0.25) is 0 Å². The quantitative estimate of drug-likeness (QED) is 0.167. The van der Waals surface area contributed by atoms with Crippen molar-refractivity contribution < 1.29 is 32.9 Å². The van der Waals surface area contributed by atoms with Crippen molar-refractivity contribution in [1.29, 1.82) is 0 Å². The molecule has 0 saturated carbocycles. The molecule has 10 heteroatoms. The number of hydrogen-bond acceptors (Lipinski definition) is 8. The van der Waals surface area contributed by atoms with E-state index >= 15 is 0 Å². The zero-order valence-corrected chi connectivity index (χ0v) is 22.3. The largest absolute Gasteiger partial charge is 0.508 e. The van der Waals surface area contributed by atoms with E-state index in [1.54, 1.807) is 24.3 Å². The number of hydrogen-bond donors (Lipinski definition) is 4. The number of carbonyl (C=O) groups excluding carboxylic acids is 1. The van der Waals surface area contributed by atoms with Crippen LogP contribution in [0.3, 0.4) is 0 Å². The molecule has 0 spiro atoms. The lowest BCUT2D eigenvalue weighted by atomic mass is 10.1. The maximum atomic E-state index is 11.4. The number of carbonyl (C=O) groups is 1. The normalized spacial score (nSPS) is 12.4. The summed E-state index contributed by atoms with van der Waals surface area (Å²) in [5.41, 5.74) is 2.05. The van der Waals surface area contributed by atoms with E-state index in [2.05, 4.69) is 5.32 Å². The van der Waals surface area contributed by atoms with E-state index < -0.39 is 22.1 Å². The van der Waals surface area contributed by atoms with Crippen molar-refractivity contribution in [3.8, 4) is 5.75 Å². The van der Waals surface area contributed by atoms with Gasteiger partial charge < -0.3 is 25.0 Å². The van der Waals surface area contributed by atoms with Gasteiger partial charge in [0.1, 0.15) is 12.4 Å². The summed E-state index contributed by atoms with van der Waals surface area (Å²) in [6.07, 6.45) is 6.17. The van der Waals surface area contributed by atoms with Crippen molar-refractivity contribution in [2.24, 2.45) is 5.14 Å². The number of rotatable bonds is 18. The third-order valence-corrected chi connectivity index (χ3v) is 6.79. The molecule has 0 aromatic heterocycles. The molecule has 2 rings (SSSR count). The Morgan fingerprint density at radius 2 is 1.76 bits per heavy atom. The van der Waals surface area contributed by atoms with E-state index in [-0.39, 0.29) is 17.3 Å².